The van der Waals surface area contributed by atoms with Gasteiger partial charge < -0.3 is 0 Å². The fourth-order valence-corrected chi connectivity index (χ4v) is 8.74. The predicted octanol–water partition coefficient (Wildman–Crippen LogP) is 13.1. The molecule has 1 nitrogen and oxygen atoms in total. The number of aromatic nitrogens is 1. The highest BCUT2D eigenvalue weighted by molar-refractivity contribution is 7.26. The third kappa shape index (κ3) is 4.05. The lowest BCUT2D eigenvalue weighted by Gasteiger charge is -2.12. The molecular formula is C45H27NS. The van der Waals surface area contributed by atoms with Gasteiger partial charge in [-0.05, 0) is 62.0 Å². The maximum Gasteiger partial charge on any atom is 0.0788 e. The van der Waals surface area contributed by atoms with Crippen LogP contribution >= 0.6 is 11.3 Å². The summed E-state index contributed by atoms with van der Waals surface area (Å²) < 4.78 is 2.62. The Bertz CT molecular complexity index is 2830. The Morgan fingerprint density at radius 1 is 0.383 bits per heavy atom. The Labute approximate surface area is 276 Å². The molecule has 2 heteroatoms. The highest BCUT2D eigenvalue weighted by atomic mass is 32.1. The molecule has 0 spiro atoms. The number of hydrogen-bond donors (Lipinski definition) is 0. The second kappa shape index (κ2) is 10.3. The van der Waals surface area contributed by atoms with Crippen molar-refractivity contribution in [2.45, 2.75) is 0 Å². The van der Waals surface area contributed by atoms with Crippen LogP contribution in [-0.2, 0) is 0 Å². The van der Waals surface area contributed by atoms with Crippen molar-refractivity contribution in [1.82, 2.24) is 4.98 Å². The Morgan fingerprint density at radius 2 is 1.04 bits per heavy atom. The molecule has 47 heavy (non-hydrogen) atoms. The van der Waals surface area contributed by atoms with E-state index in [-0.39, 0.29) is 0 Å². The van der Waals surface area contributed by atoms with E-state index in [1.165, 1.54) is 80.1 Å². The van der Waals surface area contributed by atoms with Crippen molar-refractivity contribution in [2.24, 2.45) is 0 Å². The minimum atomic E-state index is 1.03. The zero-order chi connectivity index (χ0) is 30.9. The quantitative estimate of drug-likeness (QED) is 0.181. The lowest BCUT2D eigenvalue weighted by molar-refractivity contribution is 1.43. The summed E-state index contributed by atoms with van der Waals surface area (Å²) in [5, 5.41) is 11.4. The number of benzene rings is 8. The lowest BCUT2D eigenvalue weighted by atomic mass is 9.92. The first-order valence-corrected chi connectivity index (χ1v) is 16.9. The van der Waals surface area contributed by atoms with Crippen LogP contribution in [0.1, 0.15) is 0 Å². The Balaban J connectivity index is 1.18. The van der Waals surface area contributed by atoms with Gasteiger partial charge in [-0.3, -0.25) is 0 Å². The van der Waals surface area contributed by atoms with E-state index >= 15 is 0 Å². The molecule has 0 bridgehead atoms. The third-order valence-corrected chi connectivity index (χ3v) is 10.9. The molecule has 0 aliphatic rings. The molecule has 0 saturated carbocycles. The molecule has 10 rings (SSSR count). The first-order chi connectivity index (χ1) is 23.3. The summed E-state index contributed by atoms with van der Waals surface area (Å²) in [7, 11) is 0. The monoisotopic (exact) mass is 613 g/mol. The van der Waals surface area contributed by atoms with E-state index in [1.54, 1.807) is 0 Å². The van der Waals surface area contributed by atoms with E-state index in [9.17, 15) is 0 Å². The number of nitrogens with zero attached hydrogens (tertiary/aromatic N) is 1. The molecular weight excluding hydrogens is 587 g/mol. The summed E-state index contributed by atoms with van der Waals surface area (Å²) in [4.78, 5) is 5.18. The van der Waals surface area contributed by atoms with Crippen molar-refractivity contribution in [1.29, 1.82) is 0 Å². The van der Waals surface area contributed by atoms with Gasteiger partial charge in [-0.2, -0.15) is 0 Å². The van der Waals surface area contributed by atoms with Crippen molar-refractivity contribution in [3.8, 4) is 33.5 Å². The molecule has 8 aromatic carbocycles. The topological polar surface area (TPSA) is 12.9 Å². The fraction of sp³-hybridized carbons (Fsp3) is 0. The molecule has 0 N–H and O–H groups in total. The standard InChI is InChI=1S/C45H27NS/c1-2-11-30(12-3-1)44-37-25-26-41-43(42(37)36-17-8-9-20-40(36)46-44)38-19-10-18-33(45(38)47-41)28-21-23-29(24-22-28)39-27-31-13-4-5-14-32(31)34-15-6-7-16-35(34)39/h1-27H. The van der Waals surface area contributed by atoms with Crippen LogP contribution in [0.25, 0.3) is 96.9 Å². The van der Waals surface area contributed by atoms with E-state index in [0.717, 1.165) is 16.8 Å². The molecule has 0 amide bonds. The average Bonchev–Trinajstić information content (AvgIpc) is 3.54. The Morgan fingerprint density at radius 3 is 1.87 bits per heavy atom. The largest absolute Gasteiger partial charge is 0.247 e. The molecule has 0 unspecified atom stereocenters. The summed E-state index contributed by atoms with van der Waals surface area (Å²) >= 11 is 1.89. The minimum absolute atomic E-state index is 1.03. The molecule has 0 aliphatic heterocycles. The normalized spacial score (nSPS) is 11.8. The number of fused-ring (bicyclic) bond motifs is 10. The van der Waals surface area contributed by atoms with Crippen LogP contribution in [0.5, 0.6) is 0 Å². The smallest absolute Gasteiger partial charge is 0.0788 e. The Hall–Kier alpha value is -5.83. The molecule has 0 aliphatic carbocycles. The van der Waals surface area contributed by atoms with E-state index < -0.39 is 0 Å². The minimum Gasteiger partial charge on any atom is -0.247 e. The van der Waals surface area contributed by atoms with Gasteiger partial charge in [-0.1, -0.05) is 146 Å². The zero-order valence-electron chi connectivity index (χ0n) is 25.4. The van der Waals surface area contributed by atoms with Crippen molar-refractivity contribution in [2.75, 3.05) is 0 Å². The van der Waals surface area contributed by atoms with E-state index in [4.69, 9.17) is 4.98 Å². The maximum absolute atomic E-state index is 5.18. The Kier molecular flexibility index (Phi) is 5.81. The summed E-state index contributed by atoms with van der Waals surface area (Å²) in [6.45, 7) is 0. The molecule has 0 fully saturated rings. The van der Waals surface area contributed by atoms with Gasteiger partial charge in [0.05, 0.1) is 11.2 Å². The van der Waals surface area contributed by atoms with E-state index in [0.29, 0.717) is 0 Å². The second-order valence-corrected chi connectivity index (χ2v) is 13.3. The summed E-state index contributed by atoms with van der Waals surface area (Å²) in [6.07, 6.45) is 0. The third-order valence-electron chi connectivity index (χ3n) is 9.65. The first-order valence-electron chi connectivity index (χ1n) is 16.1. The van der Waals surface area contributed by atoms with E-state index in [2.05, 4.69) is 164 Å². The summed E-state index contributed by atoms with van der Waals surface area (Å²) in [6, 6.07) is 59.5. The van der Waals surface area contributed by atoms with Crippen LogP contribution in [0.4, 0.5) is 0 Å². The molecule has 0 saturated heterocycles. The van der Waals surface area contributed by atoms with Crippen molar-refractivity contribution in [3.05, 3.63) is 164 Å². The molecule has 218 valence electrons. The van der Waals surface area contributed by atoms with Crippen LogP contribution in [0.15, 0.2) is 164 Å². The highest BCUT2D eigenvalue weighted by Crippen LogP contribution is 2.46. The van der Waals surface area contributed by atoms with Crippen LogP contribution < -0.4 is 0 Å². The number of rotatable bonds is 3. The highest BCUT2D eigenvalue weighted by Gasteiger charge is 2.18. The number of thiophene rings is 1. The maximum atomic E-state index is 5.18. The van der Waals surface area contributed by atoms with Crippen molar-refractivity contribution >= 4 is 74.7 Å². The SMILES string of the molecule is c1ccc(-c2nc3ccccc3c3c2ccc2sc4c(-c5ccc(-c6cc7ccccc7c7ccccc67)cc5)cccc4c23)cc1. The second-order valence-electron chi connectivity index (χ2n) is 12.3. The van der Waals surface area contributed by atoms with Crippen molar-refractivity contribution in [3.63, 3.8) is 0 Å². The van der Waals surface area contributed by atoms with Crippen LogP contribution in [-0.4, -0.2) is 4.98 Å². The van der Waals surface area contributed by atoms with Gasteiger partial charge in [-0.15, -0.1) is 11.3 Å². The number of hydrogen-bond acceptors (Lipinski definition) is 2. The van der Waals surface area contributed by atoms with E-state index in [1.807, 2.05) is 11.3 Å². The van der Waals surface area contributed by atoms with Crippen molar-refractivity contribution < 1.29 is 0 Å². The van der Waals surface area contributed by atoms with Crippen LogP contribution in [0, 0.1) is 0 Å². The fourth-order valence-electron chi connectivity index (χ4n) is 7.50. The number of pyridine rings is 1. The zero-order valence-corrected chi connectivity index (χ0v) is 26.3. The summed E-state index contributed by atoms with van der Waals surface area (Å²) in [5.74, 6) is 0. The number of para-hydroxylation sites is 1. The molecule has 2 heterocycles. The predicted molar refractivity (Wildman–Crippen MR) is 203 cm³/mol. The first kappa shape index (κ1) is 26.4. The van der Waals surface area contributed by atoms with Gasteiger partial charge in [0, 0.05) is 41.9 Å². The molecule has 0 radical (unpaired) electrons. The molecule has 2 aromatic heterocycles. The van der Waals surface area contributed by atoms with Gasteiger partial charge >= 0.3 is 0 Å². The molecule has 0 atom stereocenters. The van der Waals surface area contributed by atoms with Crippen LogP contribution in [0.3, 0.4) is 0 Å². The van der Waals surface area contributed by atoms with Gasteiger partial charge in [0.25, 0.3) is 0 Å². The summed E-state index contributed by atoms with van der Waals surface area (Å²) in [5.41, 5.74) is 8.21. The lowest BCUT2D eigenvalue weighted by Crippen LogP contribution is -1.90. The average molecular weight is 614 g/mol. The molecule has 10 aromatic rings. The van der Waals surface area contributed by atoms with Gasteiger partial charge in [-0.25, -0.2) is 4.98 Å². The van der Waals surface area contributed by atoms with Gasteiger partial charge in [0.15, 0.2) is 0 Å². The van der Waals surface area contributed by atoms with Gasteiger partial charge in [0.2, 0.25) is 0 Å². The van der Waals surface area contributed by atoms with Gasteiger partial charge in [0.1, 0.15) is 0 Å². The van der Waals surface area contributed by atoms with Crippen LogP contribution in [0.2, 0.25) is 0 Å².